The van der Waals surface area contributed by atoms with Crippen molar-refractivity contribution in [1.29, 1.82) is 0 Å². The maximum atomic E-state index is 5.82. The van der Waals surface area contributed by atoms with Crippen molar-refractivity contribution in [2.75, 3.05) is 6.54 Å². The number of nitrogens with zero attached hydrogens (tertiary/aromatic N) is 3. The van der Waals surface area contributed by atoms with Gasteiger partial charge in [-0.15, -0.1) is 0 Å². The molecule has 1 N–H and O–H groups in total. The third kappa shape index (κ3) is 3.95. The lowest BCUT2D eigenvalue weighted by Crippen LogP contribution is -2.30. The lowest BCUT2D eigenvalue weighted by atomic mass is 9.96. The first kappa shape index (κ1) is 22.5. The van der Waals surface area contributed by atoms with Crippen LogP contribution in [-0.2, 0) is 0 Å². The molecule has 1 saturated heterocycles. The highest BCUT2D eigenvalue weighted by molar-refractivity contribution is 7.80. The quantitative estimate of drug-likeness (QED) is 0.458. The Bertz CT molecular complexity index is 1110. The van der Waals surface area contributed by atoms with Crippen molar-refractivity contribution in [3.63, 3.8) is 0 Å². The highest BCUT2D eigenvalue weighted by Crippen LogP contribution is 2.42. The summed E-state index contributed by atoms with van der Waals surface area (Å²) in [5, 5.41) is 4.41. The van der Waals surface area contributed by atoms with Crippen LogP contribution in [0.1, 0.15) is 71.2 Å². The van der Waals surface area contributed by atoms with Gasteiger partial charge in [0.1, 0.15) is 0 Å². The molecule has 0 amide bonds. The van der Waals surface area contributed by atoms with Crippen molar-refractivity contribution in [3.8, 4) is 5.69 Å². The molecular formula is C27H34N4S. The Morgan fingerprint density at radius 1 is 1.03 bits per heavy atom. The van der Waals surface area contributed by atoms with Gasteiger partial charge in [0.15, 0.2) is 5.11 Å². The zero-order chi connectivity index (χ0) is 23.0. The van der Waals surface area contributed by atoms with Crippen molar-refractivity contribution in [1.82, 2.24) is 19.8 Å². The molecule has 2 atom stereocenters. The molecule has 3 heterocycles. The van der Waals surface area contributed by atoms with Crippen molar-refractivity contribution >= 4 is 17.3 Å². The number of unbranched alkanes of at least 4 members (excludes halogenated alkanes) is 1. The van der Waals surface area contributed by atoms with E-state index in [1.807, 2.05) is 12.3 Å². The molecule has 32 heavy (non-hydrogen) atoms. The minimum absolute atomic E-state index is 0.0368. The summed E-state index contributed by atoms with van der Waals surface area (Å²) >= 11 is 5.82. The van der Waals surface area contributed by atoms with Crippen molar-refractivity contribution in [2.45, 2.75) is 66.5 Å². The average Bonchev–Trinajstić information content (AvgIpc) is 3.22. The zero-order valence-corrected chi connectivity index (χ0v) is 20.9. The largest absolute Gasteiger partial charge is 0.352 e. The van der Waals surface area contributed by atoms with E-state index in [9.17, 15) is 0 Å². The summed E-state index contributed by atoms with van der Waals surface area (Å²) in [5.41, 5.74) is 10.1. The first-order valence-electron chi connectivity index (χ1n) is 11.6. The molecule has 0 bridgehead atoms. The Morgan fingerprint density at radius 3 is 2.38 bits per heavy atom. The van der Waals surface area contributed by atoms with Gasteiger partial charge in [-0.05, 0) is 88.1 Å². The van der Waals surface area contributed by atoms with E-state index >= 15 is 0 Å². The van der Waals surface area contributed by atoms with Crippen molar-refractivity contribution < 1.29 is 0 Å². The number of benzene rings is 1. The Kier molecular flexibility index (Phi) is 6.38. The summed E-state index contributed by atoms with van der Waals surface area (Å²) in [4.78, 5) is 7.06. The number of hydrogen-bond acceptors (Lipinski definition) is 2. The van der Waals surface area contributed by atoms with Gasteiger partial charge in [-0.1, -0.05) is 37.1 Å². The molecule has 2 unspecified atom stereocenters. The maximum absolute atomic E-state index is 5.82. The smallest absolute Gasteiger partial charge is 0.170 e. The molecule has 1 aliphatic heterocycles. The molecule has 1 aromatic carbocycles. The number of thiocarbonyl (C=S) groups is 1. The van der Waals surface area contributed by atoms with Crippen LogP contribution in [0.25, 0.3) is 5.69 Å². The van der Waals surface area contributed by atoms with Gasteiger partial charge in [0.2, 0.25) is 0 Å². The number of hydrogen-bond donors (Lipinski definition) is 1. The summed E-state index contributed by atoms with van der Waals surface area (Å²) in [7, 11) is 0. The molecule has 0 spiro atoms. The third-order valence-electron chi connectivity index (χ3n) is 6.60. The van der Waals surface area contributed by atoms with Gasteiger partial charge in [0.05, 0.1) is 23.5 Å². The van der Waals surface area contributed by atoms with E-state index in [0.717, 1.165) is 30.2 Å². The zero-order valence-electron chi connectivity index (χ0n) is 20.1. The fraction of sp³-hybridized carbons (Fsp3) is 0.407. The summed E-state index contributed by atoms with van der Waals surface area (Å²) in [6, 6.07) is 13.2. The molecule has 1 fully saturated rings. The summed E-state index contributed by atoms with van der Waals surface area (Å²) in [6.07, 6.45) is 4.12. The Morgan fingerprint density at radius 2 is 1.75 bits per heavy atom. The summed E-state index contributed by atoms with van der Waals surface area (Å²) < 4.78 is 2.42. The van der Waals surface area contributed by atoms with Gasteiger partial charge in [-0.2, -0.15) is 0 Å². The normalized spacial score (nSPS) is 18.3. The second-order valence-electron chi connectivity index (χ2n) is 9.08. The van der Waals surface area contributed by atoms with Gasteiger partial charge in [0, 0.05) is 24.1 Å². The molecule has 0 aliphatic carbocycles. The molecule has 0 radical (unpaired) electrons. The second kappa shape index (κ2) is 9.07. The van der Waals surface area contributed by atoms with E-state index in [2.05, 4.69) is 91.6 Å². The summed E-state index contributed by atoms with van der Waals surface area (Å²) in [5.74, 6) is 0. The molecule has 168 valence electrons. The molecule has 1 aliphatic rings. The van der Waals surface area contributed by atoms with Crippen LogP contribution in [0.15, 0.2) is 42.6 Å². The van der Waals surface area contributed by atoms with Crippen LogP contribution in [0, 0.1) is 34.6 Å². The van der Waals surface area contributed by atoms with Crippen LogP contribution in [0.2, 0.25) is 0 Å². The highest BCUT2D eigenvalue weighted by atomic mass is 32.1. The van der Waals surface area contributed by atoms with Crippen molar-refractivity contribution in [2.24, 2.45) is 0 Å². The number of rotatable bonds is 6. The molecule has 2 aromatic heterocycles. The SMILES string of the molecule is CCCCN1C(=S)NC(c2ccccn2)C1c1cc(C)n(-c2c(C)cc(C)cc2C)c1C. The lowest BCUT2D eigenvalue weighted by molar-refractivity contribution is 0.312. The van der Waals surface area contributed by atoms with E-state index in [-0.39, 0.29) is 12.1 Å². The Hall–Kier alpha value is -2.66. The number of aryl methyl sites for hydroxylation is 4. The fourth-order valence-corrected chi connectivity index (χ4v) is 5.60. The van der Waals surface area contributed by atoms with E-state index < -0.39 is 0 Å². The van der Waals surface area contributed by atoms with Gasteiger partial charge in [0.25, 0.3) is 0 Å². The minimum atomic E-state index is 0.0368. The molecule has 4 nitrogen and oxygen atoms in total. The first-order valence-corrected chi connectivity index (χ1v) is 12.0. The predicted molar refractivity (Wildman–Crippen MR) is 137 cm³/mol. The van der Waals surface area contributed by atoms with E-state index in [0.29, 0.717) is 0 Å². The van der Waals surface area contributed by atoms with E-state index in [1.165, 1.54) is 39.3 Å². The molecule has 4 rings (SSSR count). The molecule has 3 aromatic rings. The molecule has 0 saturated carbocycles. The monoisotopic (exact) mass is 446 g/mol. The predicted octanol–water partition coefficient (Wildman–Crippen LogP) is 6.19. The van der Waals surface area contributed by atoms with Crippen molar-refractivity contribution in [3.05, 3.63) is 81.9 Å². The third-order valence-corrected chi connectivity index (χ3v) is 6.95. The second-order valence-corrected chi connectivity index (χ2v) is 9.47. The fourth-order valence-electron chi connectivity index (χ4n) is 5.27. The molecule has 5 heteroatoms. The van der Waals surface area contributed by atoms with Gasteiger partial charge >= 0.3 is 0 Å². The number of aromatic nitrogens is 2. The maximum Gasteiger partial charge on any atom is 0.170 e. The van der Waals surface area contributed by atoms with Crippen LogP contribution in [0.5, 0.6) is 0 Å². The van der Waals surface area contributed by atoms with Gasteiger partial charge < -0.3 is 14.8 Å². The van der Waals surface area contributed by atoms with Crippen LogP contribution in [0.3, 0.4) is 0 Å². The van der Waals surface area contributed by atoms with Crippen LogP contribution < -0.4 is 5.32 Å². The van der Waals surface area contributed by atoms with Gasteiger partial charge in [-0.3, -0.25) is 4.98 Å². The van der Waals surface area contributed by atoms with E-state index in [1.54, 1.807) is 0 Å². The van der Waals surface area contributed by atoms with Crippen LogP contribution in [-0.4, -0.2) is 26.1 Å². The average molecular weight is 447 g/mol. The van der Waals surface area contributed by atoms with Gasteiger partial charge in [-0.25, -0.2) is 0 Å². The van der Waals surface area contributed by atoms with E-state index in [4.69, 9.17) is 12.2 Å². The topological polar surface area (TPSA) is 33.1 Å². The first-order chi connectivity index (χ1) is 15.3. The Balaban J connectivity index is 1.86. The lowest BCUT2D eigenvalue weighted by Gasteiger charge is -2.28. The standard InChI is InChI=1S/C27H34N4S/c1-7-8-13-30-26(24(29-27(30)32)23-11-9-10-12-28-23)22-16-20(5)31(21(22)6)25-18(3)14-17(2)15-19(25)4/h9-12,14-16,24,26H,7-8,13H2,1-6H3,(H,29,32). The number of pyridine rings is 1. The Labute approximate surface area is 197 Å². The molecular weight excluding hydrogens is 412 g/mol. The summed E-state index contributed by atoms with van der Waals surface area (Å²) in [6.45, 7) is 14.2. The van der Waals surface area contributed by atoms with Crippen LogP contribution in [0.4, 0.5) is 0 Å². The van der Waals surface area contributed by atoms with Crippen LogP contribution >= 0.6 is 12.2 Å². The minimum Gasteiger partial charge on any atom is -0.352 e. The number of nitrogens with one attached hydrogen (secondary N) is 1. The highest BCUT2D eigenvalue weighted by Gasteiger charge is 2.41.